The summed E-state index contributed by atoms with van der Waals surface area (Å²) in [7, 11) is 0. The third-order valence-electron chi connectivity index (χ3n) is 5.46. The van der Waals surface area contributed by atoms with Crippen molar-refractivity contribution in [2.75, 3.05) is 0 Å². The Balaban J connectivity index is 1.74. The molecule has 0 bridgehead atoms. The van der Waals surface area contributed by atoms with E-state index in [-0.39, 0.29) is 5.56 Å². The number of para-hydroxylation sites is 2. The van der Waals surface area contributed by atoms with Gasteiger partial charge in [0.1, 0.15) is 11.3 Å². The first-order valence-corrected chi connectivity index (χ1v) is 9.79. The van der Waals surface area contributed by atoms with Crippen molar-refractivity contribution in [1.29, 1.82) is 0 Å². The topological polar surface area (TPSA) is 48.0 Å². The van der Waals surface area contributed by atoms with E-state index in [4.69, 9.17) is 9.52 Å². The van der Waals surface area contributed by atoms with Crippen LogP contribution in [-0.4, -0.2) is 9.78 Å². The Morgan fingerprint density at radius 2 is 1.30 bits per heavy atom. The maximum atomic E-state index is 13.4. The predicted molar refractivity (Wildman–Crippen MR) is 120 cm³/mol. The van der Waals surface area contributed by atoms with Gasteiger partial charge in [0.2, 0.25) is 0 Å². The molecule has 0 aliphatic heterocycles. The van der Waals surface area contributed by atoms with Gasteiger partial charge in [0.05, 0.1) is 11.1 Å². The Morgan fingerprint density at radius 3 is 2.13 bits per heavy atom. The van der Waals surface area contributed by atoms with Gasteiger partial charge in [-0.2, -0.15) is 9.78 Å². The summed E-state index contributed by atoms with van der Waals surface area (Å²) in [6.45, 7) is 0. The molecule has 0 fully saturated rings. The van der Waals surface area contributed by atoms with Crippen LogP contribution in [0.15, 0.2) is 106 Å². The molecule has 0 N–H and O–H groups in total. The minimum atomic E-state index is -0.168. The molecular weight excluding hydrogens is 372 g/mol. The van der Waals surface area contributed by atoms with Crippen LogP contribution in [0.2, 0.25) is 0 Å². The van der Waals surface area contributed by atoms with E-state index in [1.54, 1.807) is 0 Å². The summed E-state index contributed by atoms with van der Waals surface area (Å²) >= 11 is 0. The van der Waals surface area contributed by atoms with E-state index in [9.17, 15) is 4.79 Å². The van der Waals surface area contributed by atoms with E-state index in [0.29, 0.717) is 16.7 Å². The molecule has 4 nitrogen and oxygen atoms in total. The lowest BCUT2D eigenvalue weighted by molar-refractivity contribution is 0.659. The van der Waals surface area contributed by atoms with Crippen LogP contribution in [0.25, 0.3) is 49.7 Å². The molecule has 4 heteroatoms. The summed E-state index contributed by atoms with van der Waals surface area (Å²) < 4.78 is 7.62. The van der Waals surface area contributed by atoms with Crippen molar-refractivity contribution in [2.24, 2.45) is 0 Å². The zero-order chi connectivity index (χ0) is 20.1. The second-order valence-corrected chi connectivity index (χ2v) is 7.23. The monoisotopic (exact) mass is 388 g/mol. The lowest BCUT2D eigenvalue weighted by atomic mass is 10.1. The molecule has 0 radical (unpaired) electrons. The predicted octanol–water partition coefficient (Wildman–Crippen LogP) is 5.95. The van der Waals surface area contributed by atoms with Crippen molar-refractivity contribution < 1.29 is 4.42 Å². The highest BCUT2D eigenvalue weighted by Crippen LogP contribution is 2.32. The highest BCUT2D eigenvalue weighted by atomic mass is 16.3. The maximum Gasteiger partial charge on any atom is 0.279 e. The van der Waals surface area contributed by atoms with Gasteiger partial charge >= 0.3 is 0 Å². The number of furan rings is 1. The fourth-order valence-electron chi connectivity index (χ4n) is 4.06. The average molecular weight is 388 g/mol. The zero-order valence-corrected chi connectivity index (χ0v) is 15.9. The molecule has 0 saturated carbocycles. The van der Waals surface area contributed by atoms with Crippen molar-refractivity contribution in [3.63, 3.8) is 0 Å². The first kappa shape index (κ1) is 16.7. The van der Waals surface area contributed by atoms with Crippen LogP contribution in [0.3, 0.4) is 0 Å². The van der Waals surface area contributed by atoms with Gasteiger partial charge in [-0.05, 0) is 18.2 Å². The van der Waals surface area contributed by atoms with Gasteiger partial charge in [-0.1, -0.05) is 78.9 Å². The molecular formula is C26H16N2O2. The van der Waals surface area contributed by atoms with Crippen molar-refractivity contribution in [3.8, 4) is 16.9 Å². The number of nitrogens with zero attached hydrogens (tertiary/aromatic N) is 2. The van der Waals surface area contributed by atoms with Gasteiger partial charge < -0.3 is 4.42 Å². The Kier molecular flexibility index (Phi) is 3.59. The van der Waals surface area contributed by atoms with E-state index in [1.807, 2.05) is 97.1 Å². The number of aromatic nitrogens is 2. The molecule has 0 saturated heterocycles. The molecule has 30 heavy (non-hydrogen) atoms. The van der Waals surface area contributed by atoms with Crippen molar-refractivity contribution >= 4 is 32.7 Å². The van der Waals surface area contributed by atoms with Gasteiger partial charge in [-0.3, -0.25) is 4.79 Å². The number of hydrogen-bond acceptors (Lipinski definition) is 3. The van der Waals surface area contributed by atoms with Gasteiger partial charge in [-0.25, -0.2) is 0 Å². The first-order chi connectivity index (χ1) is 14.8. The second-order valence-electron chi connectivity index (χ2n) is 7.23. The van der Waals surface area contributed by atoms with Crippen LogP contribution in [0.1, 0.15) is 0 Å². The van der Waals surface area contributed by atoms with Crippen LogP contribution in [0.5, 0.6) is 0 Å². The molecule has 2 aromatic heterocycles. The Hall–Kier alpha value is -4.18. The minimum Gasteiger partial charge on any atom is -0.454 e. The smallest absolute Gasteiger partial charge is 0.279 e. The third kappa shape index (κ3) is 2.40. The molecule has 0 aliphatic rings. The molecule has 0 unspecified atom stereocenters. The van der Waals surface area contributed by atoms with Gasteiger partial charge in [0.25, 0.3) is 5.56 Å². The highest BCUT2D eigenvalue weighted by molar-refractivity contribution is 6.07. The van der Waals surface area contributed by atoms with Crippen molar-refractivity contribution in [2.45, 2.75) is 0 Å². The number of rotatable bonds is 2. The van der Waals surface area contributed by atoms with Crippen molar-refractivity contribution in [3.05, 3.63) is 107 Å². The summed E-state index contributed by atoms with van der Waals surface area (Å²) in [5.41, 5.74) is 3.63. The maximum absolute atomic E-state index is 13.4. The minimum absolute atomic E-state index is 0.168. The lowest BCUT2D eigenvalue weighted by Gasteiger charge is -2.11. The summed E-state index contributed by atoms with van der Waals surface area (Å²) in [4.78, 5) is 13.4. The standard InChI is InChI=1S/C26H16N2O2/c29-26-21-13-5-4-12-19(21)24(17-9-2-1-3-10-17)27-28(26)22-15-8-14-20-18-11-6-7-16-23(18)30-25(20)22/h1-16H. The van der Waals surface area contributed by atoms with E-state index in [2.05, 4.69) is 0 Å². The molecule has 0 spiro atoms. The summed E-state index contributed by atoms with van der Waals surface area (Å²) in [6.07, 6.45) is 0. The Morgan fingerprint density at radius 1 is 0.633 bits per heavy atom. The fourth-order valence-corrected chi connectivity index (χ4v) is 4.06. The van der Waals surface area contributed by atoms with Gasteiger partial charge in [0, 0.05) is 21.7 Å². The van der Waals surface area contributed by atoms with Gasteiger partial charge in [0.15, 0.2) is 5.58 Å². The second kappa shape index (κ2) is 6.42. The quantitative estimate of drug-likeness (QED) is 0.368. The first-order valence-electron chi connectivity index (χ1n) is 9.79. The third-order valence-corrected chi connectivity index (χ3v) is 5.46. The molecule has 0 aliphatic carbocycles. The van der Waals surface area contributed by atoms with Crippen LogP contribution in [0, 0.1) is 0 Å². The van der Waals surface area contributed by atoms with E-state index < -0.39 is 0 Å². The molecule has 6 rings (SSSR count). The molecule has 142 valence electrons. The van der Waals surface area contributed by atoms with Crippen LogP contribution < -0.4 is 5.56 Å². The van der Waals surface area contributed by atoms with Crippen LogP contribution in [0.4, 0.5) is 0 Å². The molecule has 4 aromatic carbocycles. The molecule has 0 amide bonds. The molecule has 6 aromatic rings. The largest absolute Gasteiger partial charge is 0.454 e. The summed E-state index contributed by atoms with van der Waals surface area (Å²) in [5.74, 6) is 0. The fraction of sp³-hybridized carbons (Fsp3) is 0. The van der Waals surface area contributed by atoms with E-state index >= 15 is 0 Å². The normalized spacial score (nSPS) is 11.5. The van der Waals surface area contributed by atoms with E-state index in [1.165, 1.54) is 4.68 Å². The SMILES string of the molecule is O=c1c2ccccc2c(-c2ccccc2)nn1-c1cccc2c1oc1ccccc12. The lowest BCUT2D eigenvalue weighted by Crippen LogP contribution is -2.22. The Bertz CT molecular complexity index is 1610. The number of benzene rings is 4. The summed E-state index contributed by atoms with van der Waals surface area (Å²) in [6, 6.07) is 31.2. The Labute approximate surface area is 171 Å². The zero-order valence-electron chi connectivity index (χ0n) is 15.9. The highest BCUT2D eigenvalue weighted by Gasteiger charge is 2.17. The van der Waals surface area contributed by atoms with Gasteiger partial charge in [-0.15, -0.1) is 0 Å². The van der Waals surface area contributed by atoms with E-state index in [0.717, 1.165) is 33.0 Å². The van der Waals surface area contributed by atoms with Crippen LogP contribution >= 0.6 is 0 Å². The molecule has 2 heterocycles. The average Bonchev–Trinajstić information content (AvgIpc) is 3.19. The number of hydrogen-bond donors (Lipinski definition) is 0. The molecule has 0 atom stereocenters. The summed E-state index contributed by atoms with van der Waals surface area (Å²) in [5, 5.41) is 8.25. The number of fused-ring (bicyclic) bond motifs is 4. The van der Waals surface area contributed by atoms with Crippen LogP contribution in [-0.2, 0) is 0 Å². The van der Waals surface area contributed by atoms with Crippen molar-refractivity contribution in [1.82, 2.24) is 9.78 Å².